The van der Waals surface area contributed by atoms with E-state index in [2.05, 4.69) is 21.2 Å². The van der Waals surface area contributed by atoms with Crippen molar-refractivity contribution in [2.75, 3.05) is 5.75 Å². The Labute approximate surface area is 146 Å². The molecule has 23 heavy (non-hydrogen) atoms. The first-order chi connectivity index (χ1) is 10.9. The Morgan fingerprint density at radius 1 is 1.00 bits per heavy atom. The van der Waals surface area contributed by atoms with Gasteiger partial charge in [0.2, 0.25) is 0 Å². The second kappa shape index (κ2) is 8.76. The smallest absolute Gasteiger partial charge is 0.309 e. The number of alkyl halides is 3. The average Bonchev–Trinajstić information content (AvgIpc) is 2.50. The van der Waals surface area contributed by atoms with Crippen LogP contribution in [0.2, 0.25) is 0 Å². The minimum atomic E-state index is -4.20. The molecule has 1 N–H and O–H groups in total. The van der Waals surface area contributed by atoms with Crippen molar-refractivity contribution in [3.05, 3.63) is 70.2 Å². The molecule has 1 unspecified atom stereocenters. The predicted molar refractivity (Wildman–Crippen MR) is 93.4 cm³/mol. The first kappa shape index (κ1) is 18.4. The largest absolute Gasteiger partial charge is 0.441 e. The Morgan fingerprint density at radius 3 is 2.35 bits per heavy atom. The molecule has 1 atom stereocenters. The molecule has 0 radical (unpaired) electrons. The summed E-state index contributed by atoms with van der Waals surface area (Å²) in [6.45, 7) is 0.537. The molecule has 0 amide bonds. The molecule has 0 saturated carbocycles. The SMILES string of the molecule is FC(F)(F)SCC(Cc1ccccc1)NCc1cccc(Br)c1. The van der Waals surface area contributed by atoms with Gasteiger partial charge >= 0.3 is 5.51 Å². The lowest BCUT2D eigenvalue weighted by molar-refractivity contribution is -0.0329. The summed E-state index contributed by atoms with van der Waals surface area (Å²) in [5.74, 6) is -0.00754. The normalized spacial score (nSPS) is 13.0. The molecule has 0 fully saturated rings. The Balaban J connectivity index is 1.97. The fraction of sp³-hybridized carbons (Fsp3) is 0.294. The van der Waals surface area contributed by atoms with Crippen LogP contribution in [-0.4, -0.2) is 17.3 Å². The quantitative estimate of drug-likeness (QED) is 0.663. The molecule has 0 aliphatic carbocycles. The zero-order chi connectivity index (χ0) is 16.7. The molecule has 0 aliphatic rings. The van der Waals surface area contributed by atoms with Crippen LogP contribution < -0.4 is 5.32 Å². The fourth-order valence-electron chi connectivity index (χ4n) is 2.19. The van der Waals surface area contributed by atoms with Crippen LogP contribution in [0.1, 0.15) is 11.1 Å². The molecule has 0 bridgehead atoms. The van der Waals surface area contributed by atoms with E-state index in [4.69, 9.17) is 0 Å². The van der Waals surface area contributed by atoms with Crippen LogP contribution >= 0.6 is 27.7 Å². The first-order valence-corrected chi connectivity index (χ1v) is 8.93. The van der Waals surface area contributed by atoms with E-state index in [1.807, 2.05) is 54.6 Å². The van der Waals surface area contributed by atoms with Crippen molar-refractivity contribution in [2.24, 2.45) is 0 Å². The van der Waals surface area contributed by atoms with E-state index in [-0.39, 0.29) is 23.6 Å². The lowest BCUT2D eigenvalue weighted by Gasteiger charge is -2.19. The van der Waals surface area contributed by atoms with Crippen molar-refractivity contribution in [2.45, 2.75) is 24.5 Å². The molecule has 1 nitrogen and oxygen atoms in total. The summed E-state index contributed by atoms with van der Waals surface area (Å²) in [5.41, 5.74) is -2.14. The second-order valence-electron chi connectivity index (χ2n) is 5.15. The summed E-state index contributed by atoms with van der Waals surface area (Å²) in [6.07, 6.45) is 0.567. The lowest BCUT2D eigenvalue weighted by Crippen LogP contribution is -2.34. The summed E-state index contributed by atoms with van der Waals surface area (Å²) < 4.78 is 38.5. The molecule has 0 heterocycles. The van der Waals surface area contributed by atoms with Gasteiger partial charge < -0.3 is 5.32 Å². The molecular weight excluding hydrogens is 387 g/mol. The minimum absolute atomic E-state index is 0.00754. The number of hydrogen-bond donors (Lipinski definition) is 1. The van der Waals surface area contributed by atoms with Gasteiger partial charge in [0.15, 0.2) is 0 Å². The van der Waals surface area contributed by atoms with Crippen LogP contribution in [0.5, 0.6) is 0 Å². The monoisotopic (exact) mass is 403 g/mol. The highest BCUT2D eigenvalue weighted by Gasteiger charge is 2.29. The van der Waals surface area contributed by atoms with Crippen LogP contribution in [0.3, 0.4) is 0 Å². The zero-order valence-electron chi connectivity index (χ0n) is 12.3. The fourth-order valence-corrected chi connectivity index (χ4v) is 3.27. The van der Waals surface area contributed by atoms with Gasteiger partial charge in [0.05, 0.1) is 0 Å². The molecule has 124 valence electrons. The third-order valence-electron chi connectivity index (χ3n) is 3.26. The van der Waals surface area contributed by atoms with Crippen molar-refractivity contribution in [3.8, 4) is 0 Å². The topological polar surface area (TPSA) is 12.0 Å². The van der Waals surface area contributed by atoms with Crippen molar-refractivity contribution in [1.82, 2.24) is 5.32 Å². The van der Waals surface area contributed by atoms with Gasteiger partial charge in [-0.15, -0.1) is 0 Å². The molecular formula is C17H17BrF3NS. The molecule has 2 rings (SSSR count). The summed E-state index contributed by atoms with van der Waals surface area (Å²) in [6, 6.07) is 17.1. The first-order valence-electron chi connectivity index (χ1n) is 7.15. The van der Waals surface area contributed by atoms with Crippen molar-refractivity contribution in [1.29, 1.82) is 0 Å². The van der Waals surface area contributed by atoms with E-state index in [1.54, 1.807) is 0 Å². The maximum absolute atomic E-state index is 12.5. The molecule has 2 aromatic rings. The third kappa shape index (κ3) is 7.42. The number of hydrogen-bond acceptors (Lipinski definition) is 2. The zero-order valence-corrected chi connectivity index (χ0v) is 14.7. The average molecular weight is 404 g/mol. The van der Waals surface area contributed by atoms with Crippen molar-refractivity contribution >= 4 is 27.7 Å². The second-order valence-corrected chi connectivity index (χ2v) is 7.15. The van der Waals surface area contributed by atoms with Crippen LogP contribution in [0.25, 0.3) is 0 Å². The maximum Gasteiger partial charge on any atom is 0.441 e. The number of halogens is 4. The van der Waals surface area contributed by atoms with Gasteiger partial charge in [-0.2, -0.15) is 13.2 Å². The van der Waals surface area contributed by atoms with E-state index in [0.717, 1.165) is 15.6 Å². The number of thioether (sulfide) groups is 1. The van der Waals surface area contributed by atoms with Gasteiger partial charge in [0.1, 0.15) is 0 Å². The number of nitrogens with one attached hydrogen (secondary N) is 1. The Hall–Kier alpha value is -0.980. The predicted octanol–water partition coefficient (Wildman–Crippen LogP) is 5.40. The van der Waals surface area contributed by atoms with Crippen LogP contribution in [0.4, 0.5) is 13.2 Å². The van der Waals surface area contributed by atoms with Crippen LogP contribution in [0, 0.1) is 0 Å². The van der Waals surface area contributed by atoms with Crippen molar-refractivity contribution in [3.63, 3.8) is 0 Å². The minimum Gasteiger partial charge on any atom is -0.309 e. The Kier molecular flexibility index (Phi) is 6.99. The van der Waals surface area contributed by atoms with Crippen LogP contribution in [-0.2, 0) is 13.0 Å². The number of rotatable bonds is 7. The molecule has 6 heteroatoms. The highest BCUT2D eigenvalue weighted by molar-refractivity contribution is 9.10. The van der Waals surface area contributed by atoms with Gasteiger partial charge in [0, 0.05) is 22.8 Å². The van der Waals surface area contributed by atoms with E-state index < -0.39 is 5.51 Å². The lowest BCUT2D eigenvalue weighted by atomic mass is 10.1. The summed E-state index contributed by atoms with van der Waals surface area (Å²) >= 11 is 3.43. The highest BCUT2D eigenvalue weighted by atomic mass is 79.9. The standard InChI is InChI=1S/C17H17BrF3NS/c18-15-8-4-7-14(9-15)11-22-16(12-23-17(19,20)21)10-13-5-2-1-3-6-13/h1-9,16,22H,10-12H2. The molecule has 0 spiro atoms. The third-order valence-corrected chi connectivity index (χ3v) is 4.65. The molecule has 2 aromatic carbocycles. The summed E-state index contributed by atoms with van der Waals surface area (Å²) in [4.78, 5) is 0. The number of benzene rings is 2. The van der Waals surface area contributed by atoms with Gasteiger partial charge in [-0.05, 0) is 41.4 Å². The van der Waals surface area contributed by atoms with Gasteiger partial charge in [-0.1, -0.05) is 58.4 Å². The van der Waals surface area contributed by atoms with Gasteiger partial charge in [0.25, 0.3) is 0 Å². The summed E-state index contributed by atoms with van der Waals surface area (Å²) in [7, 11) is 0. The van der Waals surface area contributed by atoms with E-state index in [1.165, 1.54) is 0 Å². The maximum atomic E-state index is 12.5. The molecule has 0 saturated heterocycles. The van der Waals surface area contributed by atoms with E-state index >= 15 is 0 Å². The molecule has 0 aliphatic heterocycles. The van der Waals surface area contributed by atoms with E-state index in [9.17, 15) is 13.2 Å². The molecule has 0 aromatic heterocycles. The Morgan fingerprint density at radius 2 is 1.70 bits per heavy atom. The highest BCUT2D eigenvalue weighted by Crippen LogP contribution is 2.31. The van der Waals surface area contributed by atoms with Crippen LogP contribution in [0.15, 0.2) is 59.1 Å². The Bertz CT molecular complexity index is 604. The van der Waals surface area contributed by atoms with Crippen molar-refractivity contribution < 1.29 is 13.2 Å². The summed E-state index contributed by atoms with van der Waals surface area (Å²) in [5, 5.41) is 3.24. The van der Waals surface area contributed by atoms with E-state index in [0.29, 0.717) is 13.0 Å². The van der Waals surface area contributed by atoms with Gasteiger partial charge in [-0.3, -0.25) is 0 Å². The van der Waals surface area contributed by atoms with Gasteiger partial charge in [-0.25, -0.2) is 0 Å².